The van der Waals surface area contributed by atoms with Gasteiger partial charge < -0.3 is 10.3 Å². The molecule has 0 saturated carbocycles. The molecule has 26 heavy (non-hydrogen) atoms. The maximum absolute atomic E-state index is 12.3. The Bertz CT molecular complexity index is 991. The van der Waals surface area contributed by atoms with E-state index in [2.05, 4.69) is 36.3 Å². The molecule has 3 aromatic rings. The third-order valence-electron chi connectivity index (χ3n) is 3.99. The molecule has 0 spiro atoms. The average Bonchev–Trinajstić information content (AvgIpc) is 2.55. The molecule has 5 heteroatoms. The topological polar surface area (TPSA) is 62.0 Å². The minimum Gasteiger partial charge on any atom is -0.326 e. The van der Waals surface area contributed by atoms with E-state index in [1.54, 1.807) is 23.9 Å². The first-order valence-corrected chi connectivity index (χ1v) is 9.48. The van der Waals surface area contributed by atoms with Gasteiger partial charge in [0.1, 0.15) is 0 Å². The summed E-state index contributed by atoms with van der Waals surface area (Å²) >= 11 is 1.80. The number of fused-ring (bicyclic) bond motifs is 1. The van der Waals surface area contributed by atoms with Gasteiger partial charge in [-0.15, -0.1) is 11.8 Å². The van der Waals surface area contributed by atoms with Crippen LogP contribution in [0.15, 0.2) is 58.2 Å². The van der Waals surface area contributed by atoms with Crippen LogP contribution in [-0.4, -0.2) is 16.1 Å². The Balaban J connectivity index is 1.70. The number of amides is 1. The second kappa shape index (κ2) is 7.79. The summed E-state index contributed by atoms with van der Waals surface area (Å²) in [6.45, 7) is 6.21. The van der Waals surface area contributed by atoms with Crippen LogP contribution in [0.3, 0.4) is 0 Å². The van der Waals surface area contributed by atoms with Crippen molar-refractivity contribution in [3.05, 3.63) is 70.0 Å². The first-order valence-electron chi connectivity index (χ1n) is 8.60. The number of carbonyl (C=O) groups is 1. The fourth-order valence-corrected chi connectivity index (χ4v) is 3.70. The normalized spacial score (nSPS) is 11.1. The highest BCUT2D eigenvalue weighted by atomic mass is 32.2. The predicted octanol–water partition coefficient (Wildman–Crippen LogP) is 4.52. The van der Waals surface area contributed by atoms with Crippen LogP contribution in [0.2, 0.25) is 0 Å². The summed E-state index contributed by atoms with van der Waals surface area (Å²) in [5.41, 5.74) is 3.15. The predicted molar refractivity (Wildman–Crippen MR) is 109 cm³/mol. The summed E-state index contributed by atoms with van der Waals surface area (Å²) in [4.78, 5) is 28.0. The van der Waals surface area contributed by atoms with Crippen molar-refractivity contribution in [3.63, 3.8) is 0 Å². The number of aryl methyl sites for hydroxylation is 1. The van der Waals surface area contributed by atoms with Gasteiger partial charge in [0.15, 0.2) is 0 Å². The van der Waals surface area contributed by atoms with Crippen LogP contribution in [0, 0.1) is 6.92 Å². The van der Waals surface area contributed by atoms with Crippen LogP contribution in [0.4, 0.5) is 5.69 Å². The molecule has 0 radical (unpaired) electrons. The largest absolute Gasteiger partial charge is 0.326 e. The van der Waals surface area contributed by atoms with Crippen molar-refractivity contribution in [1.29, 1.82) is 0 Å². The first-order chi connectivity index (χ1) is 12.4. The van der Waals surface area contributed by atoms with E-state index in [-0.39, 0.29) is 11.5 Å². The van der Waals surface area contributed by atoms with Crippen LogP contribution in [0.5, 0.6) is 0 Å². The molecular weight excluding hydrogens is 344 g/mol. The van der Waals surface area contributed by atoms with E-state index < -0.39 is 0 Å². The van der Waals surface area contributed by atoms with Crippen molar-refractivity contribution in [2.24, 2.45) is 0 Å². The molecule has 0 fully saturated rings. The smallest absolute Gasteiger partial charge is 0.248 e. The number of thioether (sulfide) groups is 1. The van der Waals surface area contributed by atoms with Gasteiger partial charge in [-0.05, 0) is 42.3 Å². The van der Waals surface area contributed by atoms with E-state index >= 15 is 0 Å². The molecule has 0 unspecified atom stereocenters. The van der Waals surface area contributed by atoms with Crippen molar-refractivity contribution in [3.8, 4) is 0 Å². The quantitative estimate of drug-likeness (QED) is 0.653. The lowest BCUT2D eigenvalue weighted by Gasteiger charge is -2.09. The molecule has 0 aliphatic carbocycles. The summed E-state index contributed by atoms with van der Waals surface area (Å²) < 4.78 is 0. The van der Waals surface area contributed by atoms with E-state index in [1.807, 2.05) is 31.2 Å². The molecule has 2 N–H and O–H groups in total. The van der Waals surface area contributed by atoms with Crippen LogP contribution in [0.1, 0.15) is 25.0 Å². The fraction of sp³-hybridized carbons (Fsp3) is 0.238. The van der Waals surface area contributed by atoms with Gasteiger partial charge in [-0.2, -0.15) is 0 Å². The molecule has 2 aromatic carbocycles. The number of aromatic amines is 1. The number of pyridine rings is 1. The lowest BCUT2D eigenvalue weighted by Crippen LogP contribution is -2.14. The van der Waals surface area contributed by atoms with Crippen LogP contribution >= 0.6 is 11.8 Å². The highest BCUT2D eigenvalue weighted by molar-refractivity contribution is 7.99. The zero-order valence-corrected chi connectivity index (χ0v) is 15.9. The number of aromatic nitrogens is 1. The number of H-pyrrole nitrogens is 1. The van der Waals surface area contributed by atoms with Gasteiger partial charge in [0.2, 0.25) is 11.5 Å². The van der Waals surface area contributed by atoms with Gasteiger partial charge in [0, 0.05) is 27.3 Å². The Hall–Kier alpha value is -2.53. The van der Waals surface area contributed by atoms with E-state index in [9.17, 15) is 9.59 Å². The third kappa shape index (κ3) is 4.55. The summed E-state index contributed by atoms with van der Waals surface area (Å²) in [6, 6.07) is 15.2. The molecule has 0 bridgehead atoms. The molecule has 0 atom stereocenters. The number of hydrogen-bond donors (Lipinski definition) is 2. The number of benzene rings is 2. The molecule has 0 aliphatic heterocycles. The van der Waals surface area contributed by atoms with E-state index in [0.717, 1.165) is 22.0 Å². The Morgan fingerprint density at radius 1 is 1.12 bits per heavy atom. The molecule has 1 aromatic heterocycles. The summed E-state index contributed by atoms with van der Waals surface area (Å²) in [7, 11) is 0. The molecule has 0 saturated heterocycles. The van der Waals surface area contributed by atoms with Crippen molar-refractivity contribution < 1.29 is 4.79 Å². The SMILES string of the molecule is Cc1cc(=O)[nH]c2cc(NC(=O)Cc3ccc(SC(C)C)cc3)ccc12. The van der Waals surface area contributed by atoms with Crippen LogP contribution in [-0.2, 0) is 11.2 Å². The van der Waals surface area contributed by atoms with Crippen molar-refractivity contribution in [1.82, 2.24) is 4.98 Å². The number of nitrogens with one attached hydrogen (secondary N) is 2. The lowest BCUT2D eigenvalue weighted by molar-refractivity contribution is -0.115. The molecule has 3 rings (SSSR count). The Morgan fingerprint density at radius 2 is 1.85 bits per heavy atom. The summed E-state index contributed by atoms with van der Waals surface area (Å²) in [5, 5.41) is 4.41. The minimum absolute atomic E-state index is 0.0800. The van der Waals surface area contributed by atoms with Gasteiger partial charge in [0.05, 0.1) is 11.9 Å². The number of hydrogen-bond acceptors (Lipinski definition) is 3. The molecule has 4 nitrogen and oxygen atoms in total. The van der Waals surface area contributed by atoms with Crippen LogP contribution < -0.4 is 10.9 Å². The van der Waals surface area contributed by atoms with Gasteiger partial charge in [-0.25, -0.2) is 0 Å². The molecule has 1 amide bonds. The summed E-state index contributed by atoms with van der Waals surface area (Å²) in [5.74, 6) is -0.0800. The van der Waals surface area contributed by atoms with E-state index in [1.165, 1.54) is 4.90 Å². The maximum Gasteiger partial charge on any atom is 0.248 e. The standard InChI is InChI=1S/C21H22N2O2S/c1-13(2)26-17-7-4-15(5-8-17)11-21(25)22-16-6-9-18-14(3)10-20(24)23-19(18)12-16/h4-10,12-13H,11H2,1-3H3,(H,22,25)(H,23,24). The fourth-order valence-electron chi connectivity index (χ4n) is 2.86. The molecule has 0 aliphatic rings. The molecule has 1 heterocycles. The highest BCUT2D eigenvalue weighted by Gasteiger charge is 2.07. The third-order valence-corrected chi connectivity index (χ3v) is 5.01. The van der Waals surface area contributed by atoms with Gasteiger partial charge in [-0.1, -0.05) is 32.0 Å². The van der Waals surface area contributed by atoms with Gasteiger partial charge in [-0.3, -0.25) is 9.59 Å². The van der Waals surface area contributed by atoms with Gasteiger partial charge >= 0.3 is 0 Å². The lowest BCUT2D eigenvalue weighted by atomic mass is 10.1. The van der Waals surface area contributed by atoms with Crippen molar-refractivity contribution in [2.75, 3.05) is 5.32 Å². The Labute approximate surface area is 157 Å². The molecule has 134 valence electrons. The van der Waals surface area contributed by atoms with E-state index in [0.29, 0.717) is 17.4 Å². The van der Waals surface area contributed by atoms with E-state index in [4.69, 9.17) is 0 Å². The second-order valence-electron chi connectivity index (χ2n) is 6.61. The zero-order chi connectivity index (χ0) is 18.7. The zero-order valence-electron chi connectivity index (χ0n) is 15.1. The second-order valence-corrected chi connectivity index (χ2v) is 8.26. The maximum atomic E-state index is 12.3. The highest BCUT2D eigenvalue weighted by Crippen LogP contribution is 2.23. The van der Waals surface area contributed by atoms with Crippen LogP contribution in [0.25, 0.3) is 10.9 Å². The summed E-state index contributed by atoms with van der Waals surface area (Å²) in [6.07, 6.45) is 0.314. The first kappa shape index (κ1) is 18.3. The Morgan fingerprint density at radius 3 is 2.54 bits per heavy atom. The monoisotopic (exact) mass is 366 g/mol. The van der Waals surface area contributed by atoms with Gasteiger partial charge in [0.25, 0.3) is 0 Å². The molecular formula is C21H22N2O2S. The Kier molecular flexibility index (Phi) is 5.47. The minimum atomic E-state index is -0.141. The number of anilines is 1. The number of carbonyl (C=O) groups excluding carboxylic acids is 1. The number of rotatable bonds is 5. The average molecular weight is 366 g/mol. The van der Waals surface area contributed by atoms with Crippen molar-refractivity contribution >= 4 is 34.3 Å². The van der Waals surface area contributed by atoms with Crippen molar-refractivity contribution in [2.45, 2.75) is 37.3 Å².